The standard InChI is InChI=1S/C27H50N2O/c1-7-23-24-9-8-21(12-15-28-16-17-29-19(2)3)27(24,6)14-11-25(23)26(5)13-10-22(30)18-20(26)4/h19-21,23-25,28-29H,7-18H2,1-6H3. The van der Waals surface area contributed by atoms with Gasteiger partial charge < -0.3 is 10.6 Å². The molecule has 3 aliphatic rings. The van der Waals surface area contributed by atoms with Gasteiger partial charge in [0.15, 0.2) is 0 Å². The van der Waals surface area contributed by atoms with E-state index in [1.165, 1.54) is 45.1 Å². The van der Waals surface area contributed by atoms with Crippen LogP contribution >= 0.6 is 0 Å². The number of ketones is 1. The van der Waals surface area contributed by atoms with Gasteiger partial charge in [-0.3, -0.25) is 4.79 Å². The number of hydrogen-bond acceptors (Lipinski definition) is 3. The molecule has 3 aliphatic carbocycles. The second-order valence-electron chi connectivity index (χ2n) is 11.9. The molecule has 0 bridgehead atoms. The molecule has 0 spiro atoms. The van der Waals surface area contributed by atoms with Crippen LogP contribution in [0.1, 0.15) is 99.3 Å². The van der Waals surface area contributed by atoms with Crippen molar-refractivity contribution in [3.05, 3.63) is 0 Å². The van der Waals surface area contributed by atoms with Crippen molar-refractivity contribution < 1.29 is 4.79 Å². The van der Waals surface area contributed by atoms with E-state index in [4.69, 9.17) is 0 Å². The highest BCUT2D eigenvalue weighted by molar-refractivity contribution is 5.79. The predicted octanol–water partition coefficient (Wildman–Crippen LogP) is 5.83. The highest BCUT2D eigenvalue weighted by atomic mass is 16.1. The third kappa shape index (κ3) is 4.82. The lowest BCUT2D eigenvalue weighted by Gasteiger charge is -2.56. The number of rotatable bonds is 9. The molecule has 0 saturated heterocycles. The molecule has 7 unspecified atom stereocenters. The van der Waals surface area contributed by atoms with E-state index >= 15 is 0 Å². The molecule has 0 amide bonds. The fourth-order valence-corrected chi connectivity index (χ4v) is 7.99. The highest BCUT2D eigenvalue weighted by Gasteiger charge is 2.57. The van der Waals surface area contributed by atoms with Gasteiger partial charge in [-0.25, -0.2) is 0 Å². The van der Waals surface area contributed by atoms with Gasteiger partial charge in [-0.05, 0) is 85.5 Å². The summed E-state index contributed by atoms with van der Waals surface area (Å²) in [5.74, 6) is 4.53. The predicted molar refractivity (Wildman–Crippen MR) is 128 cm³/mol. The summed E-state index contributed by atoms with van der Waals surface area (Å²) in [4.78, 5) is 12.1. The SMILES string of the molecule is CCC1C(C2(C)CCC(=O)CC2C)CCC2(C)C(CCNCCNC(C)C)CCC12. The maximum atomic E-state index is 12.1. The van der Waals surface area contributed by atoms with E-state index in [2.05, 4.69) is 52.2 Å². The highest BCUT2D eigenvalue weighted by Crippen LogP contribution is 2.64. The first-order valence-corrected chi connectivity index (χ1v) is 13.2. The zero-order valence-corrected chi connectivity index (χ0v) is 20.9. The summed E-state index contributed by atoms with van der Waals surface area (Å²) in [6, 6.07) is 0.578. The molecule has 0 aliphatic heterocycles. The van der Waals surface area contributed by atoms with Crippen LogP contribution in [0.25, 0.3) is 0 Å². The quantitative estimate of drug-likeness (QED) is 0.463. The Labute approximate surface area is 186 Å². The molecule has 7 atom stereocenters. The van der Waals surface area contributed by atoms with Crippen molar-refractivity contribution in [2.24, 2.45) is 40.4 Å². The average Bonchev–Trinajstić information content (AvgIpc) is 3.03. The molecule has 3 heteroatoms. The van der Waals surface area contributed by atoms with Crippen LogP contribution in [0.2, 0.25) is 0 Å². The van der Waals surface area contributed by atoms with Crippen molar-refractivity contribution in [3.8, 4) is 0 Å². The number of carbonyl (C=O) groups excluding carboxylic acids is 1. The van der Waals surface area contributed by atoms with Gasteiger partial charge in [-0.2, -0.15) is 0 Å². The molecular weight excluding hydrogens is 368 g/mol. The maximum absolute atomic E-state index is 12.1. The second kappa shape index (κ2) is 10.0. The Morgan fingerprint density at radius 3 is 2.40 bits per heavy atom. The van der Waals surface area contributed by atoms with Gasteiger partial charge in [0, 0.05) is 32.0 Å². The summed E-state index contributed by atoms with van der Waals surface area (Å²) in [7, 11) is 0. The number of fused-ring (bicyclic) bond motifs is 1. The van der Waals surface area contributed by atoms with E-state index in [1.54, 1.807) is 0 Å². The third-order valence-corrected chi connectivity index (χ3v) is 10.1. The van der Waals surface area contributed by atoms with Crippen LogP contribution in [0.4, 0.5) is 0 Å². The molecule has 0 aromatic heterocycles. The summed E-state index contributed by atoms with van der Waals surface area (Å²) in [6.45, 7) is 17.8. The normalized spacial score (nSPS) is 42.0. The monoisotopic (exact) mass is 418 g/mol. The summed E-state index contributed by atoms with van der Waals surface area (Å²) >= 11 is 0. The van der Waals surface area contributed by atoms with Crippen molar-refractivity contribution in [3.63, 3.8) is 0 Å². The van der Waals surface area contributed by atoms with E-state index in [-0.39, 0.29) is 0 Å². The van der Waals surface area contributed by atoms with Gasteiger partial charge in [0.05, 0.1) is 0 Å². The van der Waals surface area contributed by atoms with Crippen molar-refractivity contribution in [1.29, 1.82) is 0 Å². The zero-order valence-electron chi connectivity index (χ0n) is 20.9. The number of carbonyl (C=O) groups is 1. The summed E-state index contributed by atoms with van der Waals surface area (Å²) in [5.41, 5.74) is 0.915. The molecule has 0 aromatic rings. The minimum Gasteiger partial charge on any atom is -0.315 e. The zero-order chi connectivity index (χ0) is 21.9. The van der Waals surface area contributed by atoms with Crippen LogP contribution in [0, 0.1) is 40.4 Å². The molecule has 0 heterocycles. The van der Waals surface area contributed by atoms with E-state index in [9.17, 15) is 4.79 Å². The molecule has 0 aromatic carbocycles. The lowest BCUT2D eigenvalue weighted by atomic mass is 9.48. The first-order valence-electron chi connectivity index (χ1n) is 13.2. The second-order valence-corrected chi connectivity index (χ2v) is 11.9. The van der Waals surface area contributed by atoms with Gasteiger partial charge in [0.1, 0.15) is 5.78 Å². The van der Waals surface area contributed by atoms with Crippen molar-refractivity contribution >= 4 is 5.78 Å². The van der Waals surface area contributed by atoms with Crippen LogP contribution in [0.5, 0.6) is 0 Å². The lowest BCUT2D eigenvalue weighted by molar-refractivity contribution is -0.130. The van der Waals surface area contributed by atoms with Crippen molar-refractivity contribution in [1.82, 2.24) is 10.6 Å². The first-order chi connectivity index (χ1) is 14.2. The van der Waals surface area contributed by atoms with E-state index < -0.39 is 0 Å². The fourth-order valence-electron chi connectivity index (χ4n) is 7.99. The Kier molecular flexibility index (Phi) is 8.10. The number of Topliss-reactive ketones (excluding diaryl/α,β-unsaturated/α-hetero) is 1. The Morgan fingerprint density at radius 1 is 1.00 bits per heavy atom. The third-order valence-electron chi connectivity index (χ3n) is 10.1. The topological polar surface area (TPSA) is 41.1 Å². The smallest absolute Gasteiger partial charge is 0.133 e. The minimum atomic E-state index is 0.374. The Bertz CT molecular complexity index is 575. The molecule has 3 rings (SSSR count). The van der Waals surface area contributed by atoms with Crippen LogP contribution in [-0.4, -0.2) is 31.5 Å². The Balaban J connectivity index is 1.60. The molecule has 3 nitrogen and oxygen atoms in total. The van der Waals surface area contributed by atoms with Gasteiger partial charge in [-0.15, -0.1) is 0 Å². The van der Waals surface area contributed by atoms with Crippen LogP contribution in [0.15, 0.2) is 0 Å². The molecule has 174 valence electrons. The Morgan fingerprint density at radius 2 is 1.73 bits per heavy atom. The van der Waals surface area contributed by atoms with Gasteiger partial charge in [0.25, 0.3) is 0 Å². The number of nitrogens with one attached hydrogen (secondary N) is 2. The van der Waals surface area contributed by atoms with Gasteiger partial charge >= 0.3 is 0 Å². The Hall–Kier alpha value is -0.410. The molecule has 3 saturated carbocycles. The fraction of sp³-hybridized carbons (Fsp3) is 0.963. The van der Waals surface area contributed by atoms with Crippen LogP contribution in [0.3, 0.4) is 0 Å². The summed E-state index contributed by atoms with van der Waals surface area (Å²) < 4.78 is 0. The average molecular weight is 419 g/mol. The maximum Gasteiger partial charge on any atom is 0.133 e. The number of hydrogen-bond donors (Lipinski definition) is 2. The lowest BCUT2D eigenvalue weighted by Crippen LogP contribution is -2.50. The van der Waals surface area contributed by atoms with Crippen molar-refractivity contribution in [2.75, 3.05) is 19.6 Å². The van der Waals surface area contributed by atoms with E-state index in [1.807, 2.05) is 0 Å². The van der Waals surface area contributed by atoms with Crippen molar-refractivity contribution in [2.45, 2.75) is 105 Å². The molecule has 3 fully saturated rings. The van der Waals surface area contributed by atoms with Crippen LogP contribution in [-0.2, 0) is 4.79 Å². The van der Waals surface area contributed by atoms with Gasteiger partial charge in [-0.1, -0.05) is 48.0 Å². The molecule has 0 radical (unpaired) electrons. The first kappa shape index (κ1) is 24.2. The van der Waals surface area contributed by atoms with E-state index in [0.29, 0.717) is 28.6 Å². The molecule has 2 N–H and O–H groups in total. The molecular formula is C27H50N2O. The van der Waals surface area contributed by atoms with Crippen LogP contribution < -0.4 is 10.6 Å². The largest absolute Gasteiger partial charge is 0.315 e. The minimum absolute atomic E-state index is 0.374. The summed E-state index contributed by atoms with van der Waals surface area (Å²) in [5, 5.41) is 7.19. The van der Waals surface area contributed by atoms with Gasteiger partial charge in [0.2, 0.25) is 0 Å². The molecule has 30 heavy (non-hydrogen) atoms. The summed E-state index contributed by atoms with van der Waals surface area (Å²) in [6.07, 6.45) is 11.1. The van der Waals surface area contributed by atoms with E-state index in [0.717, 1.165) is 56.0 Å².